The number of nitrogens with zero attached hydrogens (tertiary/aromatic N) is 4. The third-order valence-electron chi connectivity index (χ3n) is 3.03. The molecule has 108 valence electrons. The average molecular weight is 313 g/mol. The zero-order chi connectivity index (χ0) is 15.5. The molecule has 0 atom stereocenters. The van der Waals surface area contributed by atoms with Crippen LogP contribution in [0.15, 0.2) is 54.6 Å². The number of aromatic nitrogens is 3. The van der Waals surface area contributed by atoms with E-state index in [0.29, 0.717) is 17.1 Å². The Balaban J connectivity index is 1.96. The fourth-order valence-corrected chi connectivity index (χ4v) is 2.16. The van der Waals surface area contributed by atoms with Crippen LogP contribution in [0.3, 0.4) is 0 Å². The molecule has 3 rings (SSSR count). The third-order valence-corrected chi connectivity index (χ3v) is 3.29. The molecule has 0 bridgehead atoms. The van der Waals surface area contributed by atoms with E-state index >= 15 is 0 Å². The molecule has 0 unspecified atom stereocenters. The van der Waals surface area contributed by atoms with Crippen molar-refractivity contribution in [1.82, 2.24) is 15.2 Å². The van der Waals surface area contributed by atoms with Crippen LogP contribution in [-0.2, 0) is 0 Å². The monoisotopic (exact) mass is 312 g/mol. The van der Waals surface area contributed by atoms with Gasteiger partial charge in [-0.05, 0) is 12.1 Å². The molecule has 0 aliphatic rings. The molecule has 7 heteroatoms. The van der Waals surface area contributed by atoms with Crippen LogP contribution in [0, 0.1) is 10.1 Å². The number of rotatable bonds is 3. The maximum absolute atomic E-state index is 10.6. The summed E-state index contributed by atoms with van der Waals surface area (Å²) in [5, 5.41) is 19.0. The summed E-state index contributed by atoms with van der Waals surface area (Å²) in [5.74, 6) is 0.319. The van der Waals surface area contributed by atoms with Gasteiger partial charge in [0.15, 0.2) is 11.0 Å². The molecule has 1 aromatic heterocycles. The topological polar surface area (TPSA) is 81.8 Å². The molecule has 1 heterocycles. The van der Waals surface area contributed by atoms with E-state index in [4.69, 9.17) is 11.6 Å². The number of non-ortho nitro benzene ring substituents is 1. The highest BCUT2D eigenvalue weighted by atomic mass is 35.5. The van der Waals surface area contributed by atoms with Gasteiger partial charge in [-0.15, -0.1) is 10.2 Å². The maximum atomic E-state index is 10.6. The molecule has 0 spiro atoms. The lowest BCUT2D eigenvalue weighted by Gasteiger charge is -2.04. The SMILES string of the molecule is O=[N+]([O-])c1ccc(-c2nnc(-c3ccccc3)c(Cl)n2)cc1. The van der Waals surface area contributed by atoms with Crippen molar-refractivity contribution < 1.29 is 4.92 Å². The number of nitro groups is 1. The first-order valence-electron chi connectivity index (χ1n) is 6.35. The van der Waals surface area contributed by atoms with Crippen molar-refractivity contribution in [1.29, 1.82) is 0 Å². The Morgan fingerprint density at radius 2 is 1.59 bits per heavy atom. The lowest BCUT2D eigenvalue weighted by Crippen LogP contribution is -1.97. The Morgan fingerprint density at radius 3 is 2.18 bits per heavy atom. The van der Waals surface area contributed by atoms with Crippen LogP contribution in [0.2, 0.25) is 5.15 Å². The highest BCUT2D eigenvalue weighted by Gasteiger charge is 2.12. The van der Waals surface area contributed by atoms with E-state index < -0.39 is 4.92 Å². The van der Waals surface area contributed by atoms with E-state index in [0.717, 1.165) is 5.56 Å². The second-order valence-electron chi connectivity index (χ2n) is 4.44. The molecular weight excluding hydrogens is 304 g/mol. The summed E-state index contributed by atoms with van der Waals surface area (Å²) in [6, 6.07) is 15.3. The van der Waals surface area contributed by atoms with E-state index in [1.807, 2.05) is 30.3 Å². The molecule has 2 aromatic carbocycles. The lowest BCUT2D eigenvalue weighted by atomic mass is 10.1. The van der Waals surface area contributed by atoms with Gasteiger partial charge in [-0.2, -0.15) is 0 Å². The van der Waals surface area contributed by atoms with Crippen LogP contribution < -0.4 is 0 Å². The first-order chi connectivity index (χ1) is 10.6. The number of halogens is 1. The molecule has 0 aliphatic carbocycles. The Bertz CT molecular complexity index is 823. The predicted molar refractivity (Wildman–Crippen MR) is 82.4 cm³/mol. The van der Waals surface area contributed by atoms with Gasteiger partial charge in [0.25, 0.3) is 5.69 Å². The van der Waals surface area contributed by atoms with Gasteiger partial charge >= 0.3 is 0 Å². The van der Waals surface area contributed by atoms with Crippen LogP contribution in [0.25, 0.3) is 22.6 Å². The summed E-state index contributed by atoms with van der Waals surface area (Å²) >= 11 is 6.17. The fraction of sp³-hybridized carbons (Fsp3) is 0. The quantitative estimate of drug-likeness (QED) is 0.543. The van der Waals surface area contributed by atoms with Gasteiger partial charge in [-0.3, -0.25) is 10.1 Å². The van der Waals surface area contributed by atoms with E-state index in [9.17, 15) is 10.1 Å². The molecule has 0 aliphatic heterocycles. The lowest BCUT2D eigenvalue weighted by molar-refractivity contribution is -0.384. The van der Waals surface area contributed by atoms with Gasteiger partial charge in [0.1, 0.15) is 5.69 Å². The van der Waals surface area contributed by atoms with Crippen LogP contribution in [0.1, 0.15) is 0 Å². The standard InChI is InChI=1S/C15H9ClN4O2/c16-14-13(10-4-2-1-3-5-10)18-19-15(17-14)11-6-8-12(9-7-11)20(21)22/h1-9H. The van der Waals surface area contributed by atoms with Crippen molar-refractivity contribution in [3.63, 3.8) is 0 Å². The summed E-state index contributed by atoms with van der Waals surface area (Å²) in [6.45, 7) is 0. The maximum Gasteiger partial charge on any atom is 0.269 e. The van der Waals surface area contributed by atoms with Crippen LogP contribution >= 0.6 is 11.6 Å². The van der Waals surface area contributed by atoms with E-state index in [1.165, 1.54) is 12.1 Å². The van der Waals surface area contributed by atoms with E-state index in [-0.39, 0.29) is 10.8 Å². The Labute approximate surface area is 130 Å². The minimum absolute atomic E-state index is 0.00344. The molecular formula is C15H9ClN4O2. The molecule has 0 radical (unpaired) electrons. The number of hydrogen-bond donors (Lipinski definition) is 0. The summed E-state index contributed by atoms with van der Waals surface area (Å²) in [6.07, 6.45) is 0. The molecule has 22 heavy (non-hydrogen) atoms. The van der Waals surface area contributed by atoms with Crippen LogP contribution in [0.5, 0.6) is 0 Å². The van der Waals surface area contributed by atoms with Gasteiger partial charge < -0.3 is 0 Å². The van der Waals surface area contributed by atoms with E-state index in [2.05, 4.69) is 15.2 Å². The number of hydrogen-bond acceptors (Lipinski definition) is 5. The first kappa shape index (κ1) is 14.1. The Hall–Kier alpha value is -2.86. The minimum Gasteiger partial charge on any atom is -0.258 e. The number of nitro benzene ring substituents is 1. The van der Waals surface area contributed by atoms with Crippen molar-refractivity contribution in [2.75, 3.05) is 0 Å². The van der Waals surface area contributed by atoms with Gasteiger partial charge in [-0.25, -0.2) is 4.98 Å². The molecule has 0 saturated carbocycles. The molecule has 6 nitrogen and oxygen atoms in total. The second-order valence-corrected chi connectivity index (χ2v) is 4.80. The average Bonchev–Trinajstić information content (AvgIpc) is 2.55. The summed E-state index contributed by atoms with van der Waals surface area (Å²) in [4.78, 5) is 14.4. The molecule has 0 saturated heterocycles. The van der Waals surface area contributed by atoms with Crippen molar-refractivity contribution in [3.8, 4) is 22.6 Å². The number of benzene rings is 2. The zero-order valence-corrected chi connectivity index (χ0v) is 11.9. The molecule has 0 fully saturated rings. The normalized spacial score (nSPS) is 10.4. The van der Waals surface area contributed by atoms with E-state index in [1.54, 1.807) is 12.1 Å². The third kappa shape index (κ3) is 2.77. The predicted octanol–water partition coefficient (Wildman–Crippen LogP) is 3.77. The molecule has 3 aromatic rings. The zero-order valence-electron chi connectivity index (χ0n) is 11.2. The highest BCUT2D eigenvalue weighted by molar-refractivity contribution is 6.31. The highest BCUT2D eigenvalue weighted by Crippen LogP contribution is 2.26. The van der Waals surface area contributed by atoms with Gasteiger partial charge in [0.05, 0.1) is 4.92 Å². The summed E-state index contributed by atoms with van der Waals surface area (Å²) < 4.78 is 0. The Morgan fingerprint density at radius 1 is 0.909 bits per heavy atom. The fourth-order valence-electron chi connectivity index (χ4n) is 1.93. The van der Waals surface area contributed by atoms with Gasteiger partial charge in [-0.1, -0.05) is 41.9 Å². The van der Waals surface area contributed by atoms with Crippen molar-refractivity contribution >= 4 is 17.3 Å². The van der Waals surface area contributed by atoms with Crippen molar-refractivity contribution in [2.24, 2.45) is 0 Å². The second kappa shape index (κ2) is 5.87. The smallest absolute Gasteiger partial charge is 0.258 e. The van der Waals surface area contributed by atoms with Gasteiger partial charge in [0, 0.05) is 23.3 Å². The summed E-state index contributed by atoms with van der Waals surface area (Å²) in [5.41, 5.74) is 1.93. The van der Waals surface area contributed by atoms with Gasteiger partial charge in [0.2, 0.25) is 0 Å². The molecule has 0 N–H and O–H groups in total. The summed E-state index contributed by atoms with van der Waals surface area (Å²) in [7, 11) is 0. The van der Waals surface area contributed by atoms with Crippen molar-refractivity contribution in [3.05, 3.63) is 69.9 Å². The Kier molecular flexibility index (Phi) is 3.76. The first-order valence-corrected chi connectivity index (χ1v) is 6.73. The minimum atomic E-state index is -0.464. The van der Waals surface area contributed by atoms with Crippen molar-refractivity contribution in [2.45, 2.75) is 0 Å². The largest absolute Gasteiger partial charge is 0.269 e. The molecule has 0 amide bonds. The van der Waals surface area contributed by atoms with Crippen LogP contribution in [0.4, 0.5) is 5.69 Å². The van der Waals surface area contributed by atoms with Crippen LogP contribution in [-0.4, -0.2) is 20.1 Å².